The predicted molar refractivity (Wildman–Crippen MR) is 99.1 cm³/mol. The number of aromatic nitrogens is 3. The van der Waals surface area contributed by atoms with E-state index in [2.05, 4.69) is 9.97 Å². The highest BCUT2D eigenvalue weighted by Gasteiger charge is 2.18. The highest BCUT2D eigenvalue weighted by atomic mass is 32.2. The van der Waals surface area contributed by atoms with Gasteiger partial charge in [-0.25, -0.2) is 23.1 Å². The molecule has 3 nitrogen and oxygen atoms in total. The van der Waals surface area contributed by atoms with Crippen LogP contribution in [0.1, 0.15) is 5.56 Å². The van der Waals surface area contributed by atoms with E-state index in [-0.39, 0.29) is 10.7 Å². The van der Waals surface area contributed by atoms with E-state index >= 15 is 0 Å². The molecule has 2 aromatic heterocycles. The van der Waals surface area contributed by atoms with Crippen LogP contribution in [0.15, 0.2) is 58.6 Å². The number of benzene rings is 2. The van der Waals surface area contributed by atoms with Crippen LogP contribution < -0.4 is 0 Å². The van der Waals surface area contributed by atoms with Crippen molar-refractivity contribution in [2.45, 2.75) is 16.8 Å². The van der Waals surface area contributed by atoms with Crippen LogP contribution in [0, 0.1) is 24.4 Å². The zero-order chi connectivity index (χ0) is 19.1. The number of halogens is 3. The molecule has 27 heavy (non-hydrogen) atoms. The minimum Gasteiger partial charge on any atom is -0.335 e. The van der Waals surface area contributed by atoms with Crippen molar-refractivity contribution in [2.75, 3.05) is 0 Å². The largest absolute Gasteiger partial charge is 0.335 e. The van der Waals surface area contributed by atoms with Gasteiger partial charge in [0, 0.05) is 18.8 Å². The first kappa shape index (κ1) is 17.6. The quantitative estimate of drug-likeness (QED) is 0.436. The third-order valence-corrected chi connectivity index (χ3v) is 5.34. The first-order valence-corrected chi connectivity index (χ1v) is 8.97. The molecule has 0 saturated carbocycles. The zero-order valence-corrected chi connectivity index (χ0v) is 15.3. The molecule has 0 atom stereocenters. The van der Waals surface area contributed by atoms with E-state index in [9.17, 15) is 13.2 Å². The molecule has 136 valence electrons. The first-order valence-electron chi connectivity index (χ1n) is 8.15. The summed E-state index contributed by atoms with van der Waals surface area (Å²) in [4.78, 5) is 8.98. The lowest BCUT2D eigenvalue weighted by molar-refractivity contribution is 0.540. The summed E-state index contributed by atoms with van der Waals surface area (Å²) < 4.78 is 43.5. The van der Waals surface area contributed by atoms with Crippen molar-refractivity contribution in [3.05, 3.63) is 71.7 Å². The minimum absolute atomic E-state index is 0.122. The Morgan fingerprint density at radius 3 is 2.41 bits per heavy atom. The average Bonchev–Trinajstić information content (AvgIpc) is 2.99. The van der Waals surface area contributed by atoms with Gasteiger partial charge in [-0.1, -0.05) is 17.8 Å². The summed E-state index contributed by atoms with van der Waals surface area (Å²) in [6, 6.07) is 9.88. The smallest absolute Gasteiger partial charge is 0.163 e. The third kappa shape index (κ3) is 3.19. The van der Waals surface area contributed by atoms with Crippen LogP contribution in [0.5, 0.6) is 0 Å². The van der Waals surface area contributed by atoms with Crippen LogP contribution in [-0.2, 0) is 7.05 Å². The Labute approximate surface area is 157 Å². The Kier molecular flexibility index (Phi) is 4.39. The van der Waals surface area contributed by atoms with Gasteiger partial charge >= 0.3 is 0 Å². The summed E-state index contributed by atoms with van der Waals surface area (Å²) >= 11 is 0.913. The molecule has 0 bridgehead atoms. The zero-order valence-electron chi connectivity index (χ0n) is 14.5. The molecule has 0 aliphatic carbocycles. The van der Waals surface area contributed by atoms with Gasteiger partial charge < -0.3 is 4.57 Å². The lowest BCUT2D eigenvalue weighted by atomic mass is 10.1. The van der Waals surface area contributed by atoms with Crippen molar-refractivity contribution in [3.63, 3.8) is 0 Å². The molecule has 4 aromatic rings. The highest BCUT2D eigenvalue weighted by molar-refractivity contribution is 7.99. The highest BCUT2D eigenvalue weighted by Crippen LogP contribution is 2.36. The molecule has 0 amide bonds. The molecule has 0 fully saturated rings. The van der Waals surface area contributed by atoms with Crippen LogP contribution in [0.3, 0.4) is 0 Å². The molecule has 4 rings (SSSR count). The van der Waals surface area contributed by atoms with Crippen LogP contribution in [0.4, 0.5) is 13.2 Å². The Morgan fingerprint density at radius 1 is 0.963 bits per heavy atom. The van der Waals surface area contributed by atoms with Crippen LogP contribution in [0.2, 0.25) is 0 Å². The number of fused-ring (bicyclic) bond motifs is 1. The van der Waals surface area contributed by atoms with E-state index in [0.29, 0.717) is 33.0 Å². The van der Waals surface area contributed by atoms with E-state index < -0.39 is 11.6 Å². The van der Waals surface area contributed by atoms with E-state index in [0.717, 1.165) is 11.8 Å². The Hall–Kier alpha value is -2.80. The van der Waals surface area contributed by atoms with Crippen molar-refractivity contribution in [2.24, 2.45) is 7.05 Å². The summed E-state index contributed by atoms with van der Waals surface area (Å²) in [6.45, 7) is 1.76. The lowest BCUT2D eigenvalue weighted by Crippen LogP contribution is -1.98. The van der Waals surface area contributed by atoms with Crippen molar-refractivity contribution in [1.29, 1.82) is 0 Å². The predicted octanol–water partition coefficient (Wildman–Crippen LogP) is 5.51. The Bertz CT molecular complexity index is 1150. The fourth-order valence-corrected chi connectivity index (χ4v) is 3.79. The fourth-order valence-electron chi connectivity index (χ4n) is 2.86. The molecule has 0 radical (unpaired) electrons. The van der Waals surface area contributed by atoms with E-state index in [1.165, 1.54) is 30.3 Å². The number of hydrogen-bond donors (Lipinski definition) is 0. The topological polar surface area (TPSA) is 30.7 Å². The Balaban J connectivity index is 1.92. The summed E-state index contributed by atoms with van der Waals surface area (Å²) in [5, 5.41) is 1.12. The van der Waals surface area contributed by atoms with Gasteiger partial charge in [0.05, 0.1) is 10.3 Å². The molecule has 2 heterocycles. The van der Waals surface area contributed by atoms with Gasteiger partial charge in [-0.05, 0) is 48.9 Å². The van der Waals surface area contributed by atoms with Crippen LogP contribution >= 0.6 is 11.8 Å². The van der Waals surface area contributed by atoms with Gasteiger partial charge in [-0.3, -0.25) is 0 Å². The summed E-state index contributed by atoms with van der Waals surface area (Å²) in [6.07, 6.45) is 1.81. The van der Waals surface area contributed by atoms with Gasteiger partial charge in [0.1, 0.15) is 28.1 Å². The molecule has 0 aliphatic heterocycles. The summed E-state index contributed by atoms with van der Waals surface area (Å²) in [5.74, 6) is -1.27. The molecule has 7 heteroatoms. The van der Waals surface area contributed by atoms with Gasteiger partial charge in [0.15, 0.2) is 5.82 Å². The molecule has 2 aromatic carbocycles. The Morgan fingerprint density at radius 2 is 1.70 bits per heavy atom. The van der Waals surface area contributed by atoms with E-state index in [1.807, 2.05) is 13.2 Å². The standard InChI is InChI=1S/C20H14F3N3S/c1-11-10-12(21)6-7-13(11)18-24-19-14(8-9-26(19)2)20(25-18)27-17-15(22)4-3-5-16(17)23/h3-10H,1-2H3. The normalized spacial score (nSPS) is 11.3. The monoisotopic (exact) mass is 385 g/mol. The van der Waals surface area contributed by atoms with Crippen molar-refractivity contribution in [1.82, 2.24) is 14.5 Å². The third-order valence-electron chi connectivity index (χ3n) is 4.24. The van der Waals surface area contributed by atoms with Gasteiger partial charge in [0.25, 0.3) is 0 Å². The second kappa shape index (κ2) is 6.74. The van der Waals surface area contributed by atoms with Crippen LogP contribution in [-0.4, -0.2) is 14.5 Å². The van der Waals surface area contributed by atoms with Crippen LogP contribution in [0.25, 0.3) is 22.4 Å². The maximum Gasteiger partial charge on any atom is 0.163 e. The van der Waals surface area contributed by atoms with Crippen molar-refractivity contribution in [3.8, 4) is 11.4 Å². The van der Waals surface area contributed by atoms with Crippen molar-refractivity contribution >= 4 is 22.8 Å². The van der Waals surface area contributed by atoms with Crippen molar-refractivity contribution < 1.29 is 13.2 Å². The first-order chi connectivity index (χ1) is 12.9. The molecule has 0 N–H and O–H groups in total. The summed E-state index contributed by atoms with van der Waals surface area (Å²) in [5.41, 5.74) is 1.97. The van der Waals surface area contributed by atoms with E-state index in [1.54, 1.807) is 23.6 Å². The number of rotatable bonds is 3. The van der Waals surface area contributed by atoms with Gasteiger partial charge in [-0.15, -0.1) is 0 Å². The number of nitrogens with zero attached hydrogens (tertiary/aromatic N) is 3. The molecule has 0 spiro atoms. The number of aryl methyl sites for hydroxylation is 2. The maximum absolute atomic E-state index is 14.1. The number of hydrogen-bond acceptors (Lipinski definition) is 3. The summed E-state index contributed by atoms with van der Waals surface area (Å²) in [7, 11) is 1.83. The second-order valence-corrected chi connectivity index (χ2v) is 7.13. The van der Waals surface area contributed by atoms with E-state index in [4.69, 9.17) is 0 Å². The lowest BCUT2D eigenvalue weighted by Gasteiger charge is -2.10. The maximum atomic E-state index is 14.1. The molecular formula is C20H14F3N3S. The second-order valence-electron chi connectivity index (χ2n) is 6.13. The molecule has 0 aliphatic rings. The van der Waals surface area contributed by atoms with Gasteiger partial charge in [-0.2, -0.15) is 0 Å². The molecule has 0 unspecified atom stereocenters. The molecule has 0 saturated heterocycles. The van der Waals surface area contributed by atoms with Gasteiger partial charge in [0.2, 0.25) is 0 Å². The minimum atomic E-state index is -0.651. The fraction of sp³-hybridized carbons (Fsp3) is 0.100. The average molecular weight is 385 g/mol. The molecular weight excluding hydrogens is 371 g/mol. The SMILES string of the molecule is Cc1cc(F)ccc1-c1nc(Sc2c(F)cccc2F)c2ccn(C)c2n1.